The first-order valence-electron chi connectivity index (χ1n) is 13.9. The van der Waals surface area contributed by atoms with Crippen LogP contribution in [-0.4, -0.2) is 75.8 Å². The molecule has 0 aliphatic rings. The molecule has 2 rings (SSSR count). The number of unbranched alkanes of at least 4 members (excludes halogenated alkanes) is 1. The van der Waals surface area contributed by atoms with E-state index in [1.807, 2.05) is 6.92 Å². The summed E-state index contributed by atoms with van der Waals surface area (Å²) in [5, 5.41) is 38.9. The topological polar surface area (TPSA) is 246 Å². The number of aliphatic carboxylic acids is 1. The van der Waals surface area contributed by atoms with Crippen molar-refractivity contribution in [3.63, 3.8) is 0 Å². The van der Waals surface area contributed by atoms with Gasteiger partial charge in [0.2, 0.25) is 11.8 Å². The predicted octanol–water partition coefficient (Wildman–Crippen LogP) is 2.70. The predicted molar refractivity (Wildman–Crippen MR) is 162 cm³/mol. The molecule has 0 unspecified atom stereocenters. The van der Waals surface area contributed by atoms with Crippen LogP contribution in [-0.2, 0) is 35.3 Å². The summed E-state index contributed by atoms with van der Waals surface area (Å²) in [4.78, 5) is 82.4. The van der Waals surface area contributed by atoms with E-state index in [9.17, 15) is 49.3 Å². The zero-order valence-electron chi connectivity index (χ0n) is 24.7. The molecule has 0 aromatic heterocycles. The van der Waals surface area contributed by atoms with Gasteiger partial charge in [-0.15, -0.1) is 11.8 Å². The third-order valence-electron chi connectivity index (χ3n) is 6.04. The largest absolute Gasteiger partial charge is 0.480 e. The molecule has 0 aliphatic heterocycles. The molecule has 0 fully saturated rings. The monoisotopic (exact) mass is 663 g/mol. The normalized spacial score (nSPS) is 11.8. The van der Waals surface area contributed by atoms with Gasteiger partial charge in [-0.2, -0.15) is 0 Å². The van der Waals surface area contributed by atoms with Crippen molar-refractivity contribution < 1.29 is 48.4 Å². The first-order chi connectivity index (χ1) is 21.9. The van der Waals surface area contributed by atoms with Gasteiger partial charge in [-0.1, -0.05) is 43.7 Å². The molecule has 0 bridgehead atoms. The van der Waals surface area contributed by atoms with Crippen LogP contribution in [0.25, 0.3) is 0 Å². The number of carboxylic acids is 1. The molecular weight excluding hydrogens is 630 g/mol. The van der Waals surface area contributed by atoms with Gasteiger partial charge < -0.3 is 30.5 Å². The Kier molecular flexibility index (Phi) is 15.4. The average molecular weight is 664 g/mol. The Morgan fingerprint density at radius 2 is 1.67 bits per heavy atom. The number of nitrogens with one attached hydrogen (secondary N) is 3. The fraction of sp³-hybridized carbons (Fsp3) is 0.393. The third kappa shape index (κ3) is 13.2. The number of hydrogen-bond acceptors (Lipinski definition) is 12. The number of carbonyl (C=O) groups is 5. The van der Waals surface area contributed by atoms with E-state index in [-0.39, 0.29) is 30.3 Å². The number of benzene rings is 2. The molecule has 4 N–H and O–H groups in total. The summed E-state index contributed by atoms with van der Waals surface area (Å²) < 4.78 is 10.00. The van der Waals surface area contributed by atoms with Crippen LogP contribution in [0.5, 0.6) is 0 Å². The van der Waals surface area contributed by atoms with Crippen molar-refractivity contribution in [1.29, 1.82) is 0 Å². The molecule has 18 heteroatoms. The van der Waals surface area contributed by atoms with Crippen LogP contribution in [0, 0.1) is 20.2 Å². The zero-order valence-corrected chi connectivity index (χ0v) is 25.5. The van der Waals surface area contributed by atoms with Crippen molar-refractivity contribution in [2.45, 2.75) is 56.2 Å². The molecule has 2 aromatic rings. The van der Waals surface area contributed by atoms with Crippen molar-refractivity contribution in [2.24, 2.45) is 0 Å². The number of amides is 3. The number of hydrogen-bond donors (Lipinski definition) is 4. The Bertz CT molecular complexity index is 1410. The molecule has 2 aromatic carbocycles. The molecule has 3 amide bonds. The van der Waals surface area contributed by atoms with Crippen molar-refractivity contribution in [3.8, 4) is 0 Å². The summed E-state index contributed by atoms with van der Waals surface area (Å²) in [5.41, 5.74) is -0.455. The molecule has 0 radical (unpaired) electrons. The van der Waals surface area contributed by atoms with E-state index in [0.717, 1.165) is 36.4 Å². The maximum atomic E-state index is 12.9. The van der Waals surface area contributed by atoms with Crippen LogP contribution < -0.4 is 16.0 Å². The van der Waals surface area contributed by atoms with Crippen molar-refractivity contribution >= 4 is 53.0 Å². The summed E-state index contributed by atoms with van der Waals surface area (Å²) in [7, 11) is 0. The third-order valence-corrected chi connectivity index (χ3v) is 7.19. The lowest BCUT2D eigenvalue weighted by Crippen LogP contribution is -2.50. The summed E-state index contributed by atoms with van der Waals surface area (Å²) in [6.07, 6.45) is -0.505. The Morgan fingerprint density at radius 1 is 0.957 bits per heavy atom. The second kappa shape index (κ2) is 19.2. The Hall–Kier alpha value is -5.26. The van der Waals surface area contributed by atoms with Gasteiger partial charge in [0.05, 0.1) is 27.4 Å². The Balaban J connectivity index is 2.07. The zero-order chi connectivity index (χ0) is 34.1. The number of rotatable bonds is 19. The van der Waals surface area contributed by atoms with Crippen molar-refractivity contribution in [2.75, 3.05) is 18.9 Å². The number of thioether (sulfide) groups is 1. The highest BCUT2D eigenvalue weighted by atomic mass is 32.2. The van der Waals surface area contributed by atoms with Gasteiger partial charge in [0.1, 0.15) is 25.2 Å². The van der Waals surface area contributed by atoms with E-state index in [0.29, 0.717) is 12.0 Å². The van der Waals surface area contributed by atoms with Gasteiger partial charge in [-0.25, -0.2) is 9.59 Å². The number of non-ortho nitro benzene ring substituents is 1. The smallest absolute Gasteiger partial charge is 0.408 e. The molecule has 17 nitrogen and oxygen atoms in total. The number of nitro groups is 2. The van der Waals surface area contributed by atoms with Crippen LogP contribution >= 0.6 is 11.8 Å². The quantitative estimate of drug-likeness (QED) is 0.0556. The van der Waals surface area contributed by atoms with E-state index >= 15 is 0 Å². The number of carbonyl (C=O) groups excluding carboxylic acids is 4. The summed E-state index contributed by atoms with van der Waals surface area (Å²) >= 11 is 0.743. The summed E-state index contributed by atoms with van der Waals surface area (Å²) in [6, 6.07) is 8.65. The fourth-order valence-corrected chi connectivity index (χ4v) is 4.64. The lowest BCUT2D eigenvalue weighted by Gasteiger charge is -2.19. The maximum Gasteiger partial charge on any atom is 0.408 e. The van der Waals surface area contributed by atoms with Gasteiger partial charge in [0.25, 0.3) is 11.4 Å². The molecule has 2 atom stereocenters. The number of esters is 1. The number of ether oxygens (including phenoxy) is 2. The van der Waals surface area contributed by atoms with E-state index in [4.69, 9.17) is 9.47 Å². The number of carboxylic acid groups (broad SMARTS) is 1. The van der Waals surface area contributed by atoms with Crippen LogP contribution in [0.2, 0.25) is 0 Å². The second-order valence-corrected chi connectivity index (χ2v) is 10.6. The van der Waals surface area contributed by atoms with Crippen LogP contribution in [0.4, 0.5) is 16.2 Å². The van der Waals surface area contributed by atoms with Crippen molar-refractivity contribution in [1.82, 2.24) is 16.0 Å². The molecule has 0 aliphatic carbocycles. The van der Waals surface area contributed by atoms with E-state index in [1.54, 1.807) is 30.3 Å². The standard InChI is InChI=1S/C28H33N5O12S/c1-2-3-13-44-25(35)15-29-26(36)21(17-46-23-11-9-19(32(40)41)14-22(23)33(42)43)30-24(34)12-10-20(27(37)38)31-28(39)45-16-18-7-5-4-6-8-18/h4-9,11,14,20-21H,2-3,10,12-13,15-17H2,1H3,(H,29,36)(H,30,34)(H,31,39)(H,37,38)/t20-,21-/m0/s1. The number of nitro benzene ring substituents is 2. The van der Waals surface area contributed by atoms with Gasteiger partial charge >= 0.3 is 18.0 Å². The summed E-state index contributed by atoms with van der Waals surface area (Å²) in [5.74, 6) is -4.15. The highest BCUT2D eigenvalue weighted by molar-refractivity contribution is 7.99. The number of alkyl carbamates (subject to hydrolysis) is 1. The van der Waals surface area contributed by atoms with E-state index in [2.05, 4.69) is 16.0 Å². The summed E-state index contributed by atoms with van der Waals surface area (Å²) in [6.45, 7) is 1.38. The molecule has 248 valence electrons. The highest BCUT2D eigenvalue weighted by Crippen LogP contribution is 2.32. The van der Waals surface area contributed by atoms with Crippen LogP contribution in [0.1, 0.15) is 38.2 Å². The minimum absolute atomic E-state index is 0.0363. The fourth-order valence-electron chi connectivity index (χ4n) is 3.61. The molecule has 0 saturated heterocycles. The Morgan fingerprint density at radius 3 is 2.30 bits per heavy atom. The lowest BCUT2D eigenvalue weighted by atomic mass is 10.1. The molecule has 0 saturated carbocycles. The lowest BCUT2D eigenvalue weighted by molar-refractivity contribution is -0.396. The highest BCUT2D eigenvalue weighted by Gasteiger charge is 2.27. The van der Waals surface area contributed by atoms with Crippen molar-refractivity contribution in [3.05, 3.63) is 74.3 Å². The molecule has 0 heterocycles. The van der Waals surface area contributed by atoms with Crippen LogP contribution in [0.3, 0.4) is 0 Å². The van der Waals surface area contributed by atoms with Gasteiger partial charge in [0.15, 0.2) is 0 Å². The van der Waals surface area contributed by atoms with Gasteiger partial charge in [0, 0.05) is 18.2 Å². The van der Waals surface area contributed by atoms with E-state index < -0.39 is 76.1 Å². The van der Waals surface area contributed by atoms with E-state index in [1.165, 1.54) is 0 Å². The average Bonchev–Trinajstić information content (AvgIpc) is 3.03. The SMILES string of the molecule is CCCCOC(=O)CNC(=O)[C@H](CSc1ccc([N+](=O)[O-])cc1[N+](=O)[O-])NC(=O)CC[C@H](NC(=O)OCc1ccccc1)C(=O)O. The first kappa shape index (κ1) is 36.9. The molecule has 0 spiro atoms. The first-order valence-corrected chi connectivity index (χ1v) is 14.9. The minimum Gasteiger partial charge on any atom is -0.480 e. The van der Waals surface area contributed by atoms with Crippen LogP contribution in [0.15, 0.2) is 53.4 Å². The Labute approximate surface area is 266 Å². The van der Waals surface area contributed by atoms with Gasteiger partial charge in [-0.05, 0) is 24.5 Å². The number of nitrogens with zero attached hydrogens (tertiary/aromatic N) is 2. The van der Waals surface area contributed by atoms with Gasteiger partial charge in [-0.3, -0.25) is 34.6 Å². The second-order valence-electron chi connectivity index (χ2n) is 9.52. The minimum atomic E-state index is -1.52. The maximum absolute atomic E-state index is 12.9. The molecular formula is C28H33N5O12S. The molecule has 46 heavy (non-hydrogen) atoms.